The van der Waals surface area contributed by atoms with Crippen LogP contribution < -0.4 is 0 Å². The minimum atomic E-state index is -0.766. The van der Waals surface area contributed by atoms with E-state index < -0.39 is 5.97 Å². The fraction of sp³-hybridized carbons (Fsp3) is 0.650. The Morgan fingerprint density at radius 2 is 1.91 bits per heavy atom. The molecule has 2 aliphatic rings. The van der Waals surface area contributed by atoms with E-state index in [0.29, 0.717) is 17.5 Å². The molecular weight excluding hydrogens is 286 g/mol. The Morgan fingerprint density at radius 1 is 1.17 bits per heavy atom. The number of carboxylic acids is 1. The van der Waals surface area contributed by atoms with Gasteiger partial charge in [0.1, 0.15) is 0 Å². The third-order valence-corrected chi connectivity index (χ3v) is 5.37. The number of piperidine rings is 1. The van der Waals surface area contributed by atoms with Gasteiger partial charge in [-0.2, -0.15) is 0 Å². The molecule has 1 aromatic rings. The summed E-state index contributed by atoms with van der Waals surface area (Å²) in [7, 11) is 0. The number of nitrogens with zero attached hydrogens (tertiary/aromatic N) is 1. The second kappa shape index (κ2) is 7.04. The highest BCUT2D eigenvalue weighted by Gasteiger charge is 2.29. The molecule has 0 bridgehead atoms. The number of carbonyl (C=O) groups is 1. The lowest BCUT2D eigenvalue weighted by molar-refractivity contribution is 0.0695. The van der Waals surface area contributed by atoms with Crippen molar-refractivity contribution in [2.75, 3.05) is 13.1 Å². The van der Waals surface area contributed by atoms with E-state index in [1.807, 2.05) is 6.07 Å². The SMILES string of the molecule is CC(C)CN1CCCCC1c1ccc(C(=O)O)c2c1CCCC2. The van der Waals surface area contributed by atoms with Crippen molar-refractivity contribution >= 4 is 5.97 Å². The first-order chi connectivity index (χ1) is 11.1. The Kier molecular flexibility index (Phi) is 5.05. The summed E-state index contributed by atoms with van der Waals surface area (Å²) in [4.78, 5) is 14.2. The predicted octanol–water partition coefficient (Wildman–Crippen LogP) is 4.45. The fourth-order valence-electron chi connectivity index (χ4n) is 4.44. The van der Waals surface area contributed by atoms with Gasteiger partial charge in [0.25, 0.3) is 0 Å². The lowest BCUT2D eigenvalue weighted by Crippen LogP contribution is -2.36. The van der Waals surface area contributed by atoms with Crippen molar-refractivity contribution in [3.05, 3.63) is 34.4 Å². The zero-order valence-corrected chi connectivity index (χ0v) is 14.5. The minimum Gasteiger partial charge on any atom is -0.478 e. The molecule has 126 valence electrons. The van der Waals surface area contributed by atoms with Crippen molar-refractivity contribution in [3.8, 4) is 0 Å². The number of fused-ring (bicyclic) bond motifs is 1. The van der Waals surface area contributed by atoms with E-state index in [-0.39, 0.29) is 0 Å². The minimum absolute atomic E-state index is 0.487. The third kappa shape index (κ3) is 3.45. The van der Waals surface area contributed by atoms with Crippen LogP contribution in [0.3, 0.4) is 0 Å². The van der Waals surface area contributed by atoms with Gasteiger partial charge in [-0.25, -0.2) is 4.79 Å². The molecule has 1 aliphatic carbocycles. The van der Waals surface area contributed by atoms with E-state index >= 15 is 0 Å². The van der Waals surface area contributed by atoms with E-state index in [1.165, 1.54) is 43.4 Å². The van der Waals surface area contributed by atoms with Crippen molar-refractivity contribution in [2.45, 2.75) is 64.8 Å². The maximum Gasteiger partial charge on any atom is 0.335 e. The number of likely N-dealkylation sites (tertiary alicyclic amines) is 1. The molecule has 0 spiro atoms. The fourth-order valence-corrected chi connectivity index (χ4v) is 4.44. The van der Waals surface area contributed by atoms with Gasteiger partial charge in [-0.15, -0.1) is 0 Å². The van der Waals surface area contributed by atoms with Crippen LogP contribution in [0.4, 0.5) is 0 Å². The first-order valence-corrected chi connectivity index (χ1v) is 9.20. The highest BCUT2D eigenvalue weighted by Crippen LogP contribution is 2.38. The second-order valence-corrected chi connectivity index (χ2v) is 7.57. The Morgan fingerprint density at radius 3 is 2.61 bits per heavy atom. The van der Waals surface area contributed by atoms with Crippen LogP contribution in [0.5, 0.6) is 0 Å². The van der Waals surface area contributed by atoms with Gasteiger partial charge in [0.05, 0.1) is 5.56 Å². The molecular formula is C20H29NO2. The second-order valence-electron chi connectivity index (χ2n) is 7.57. The smallest absolute Gasteiger partial charge is 0.335 e. The van der Waals surface area contributed by atoms with Gasteiger partial charge in [0, 0.05) is 12.6 Å². The van der Waals surface area contributed by atoms with Crippen LogP contribution in [0.25, 0.3) is 0 Å². The summed E-state index contributed by atoms with van der Waals surface area (Å²) in [6.07, 6.45) is 8.09. The van der Waals surface area contributed by atoms with E-state index in [2.05, 4.69) is 24.8 Å². The van der Waals surface area contributed by atoms with Gasteiger partial charge in [-0.3, -0.25) is 4.90 Å². The van der Waals surface area contributed by atoms with Gasteiger partial charge < -0.3 is 5.11 Å². The van der Waals surface area contributed by atoms with E-state index in [1.54, 1.807) is 0 Å². The van der Waals surface area contributed by atoms with Gasteiger partial charge in [-0.1, -0.05) is 26.3 Å². The summed E-state index contributed by atoms with van der Waals surface area (Å²) in [5, 5.41) is 9.50. The molecule has 1 atom stereocenters. The Hall–Kier alpha value is -1.35. The molecule has 1 aromatic carbocycles. The summed E-state index contributed by atoms with van der Waals surface area (Å²) in [5.74, 6) is -0.0953. The van der Waals surface area contributed by atoms with Crippen molar-refractivity contribution in [2.24, 2.45) is 5.92 Å². The normalized spacial score (nSPS) is 22.1. The highest BCUT2D eigenvalue weighted by atomic mass is 16.4. The maximum absolute atomic E-state index is 11.6. The van der Waals surface area contributed by atoms with Crippen LogP contribution in [0.1, 0.15) is 79.0 Å². The number of benzene rings is 1. The number of aromatic carboxylic acids is 1. The predicted molar refractivity (Wildman–Crippen MR) is 93.0 cm³/mol. The largest absolute Gasteiger partial charge is 0.478 e. The Balaban J connectivity index is 1.99. The van der Waals surface area contributed by atoms with Crippen LogP contribution >= 0.6 is 0 Å². The molecule has 1 saturated heterocycles. The van der Waals surface area contributed by atoms with Gasteiger partial charge in [0.15, 0.2) is 0 Å². The number of rotatable bonds is 4. The van der Waals surface area contributed by atoms with Crippen molar-refractivity contribution in [1.82, 2.24) is 4.90 Å². The molecule has 0 amide bonds. The first kappa shape index (κ1) is 16.5. The zero-order chi connectivity index (χ0) is 16.4. The standard InChI is InChI=1S/C20H29NO2/c1-14(2)13-21-12-6-5-9-19(21)17-10-11-18(20(22)23)16-8-4-3-7-15(16)17/h10-11,14,19H,3-9,12-13H2,1-2H3,(H,22,23). The van der Waals surface area contributed by atoms with E-state index in [4.69, 9.17) is 0 Å². The average molecular weight is 315 g/mol. The van der Waals surface area contributed by atoms with Crippen LogP contribution in [0.2, 0.25) is 0 Å². The molecule has 0 radical (unpaired) electrons. The van der Waals surface area contributed by atoms with Crippen LogP contribution in [-0.4, -0.2) is 29.1 Å². The molecule has 3 nitrogen and oxygen atoms in total. The van der Waals surface area contributed by atoms with Crippen molar-refractivity contribution in [3.63, 3.8) is 0 Å². The zero-order valence-electron chi connectivity index (χ0n) is 14.5. The van der Waals surface area contributed by atoms with Gasteiger partial charge >= 0.3 is 5.97 Å². The number of hydrogen-bond acceptors (Lipinski definition) is 2. The maximum atomic E-state index is 11.6. The van der Waals surface area contributed by atoms with Crippen LogP contribution in [0, 0.1) is 5.92 Å². The lowest BCUT2D eigenvalue weighted by Gasteiger charge is -2.39. The molecule has 0 saturated carbocycles. The van der Waals surface area contributed by atoms with E-state index in [0.717, 1.165) is 31.4 Å². The highest BCUT2D eigenvalue weighted by molar-refractivity contribution is 5.90. The summed E-state index contributed by atoms with van der Waals surface area (Å²) < 4.78 is 0. The lowest BCUT2D eigenvalue weighted by atomic mass is 9.81. The molecule has 1 heterocycles. The van der Waals surface area contributed by atoms with Crippen molar-refractivity contribution in [1.29, 1.82) is 0 Å². The summed E-state index contributed by atoms with van der Waals surface area (Å²) in [5.41, 5.74) is 4.44. The molecule has 23 heavy (non-hydrogen) atoms. The topological polar surface area (TPSA) is 40.5 Å². The third-order valence-electron chi connectivity index (χ3n) is 5.37. The Bertz CT molecular complexity index is 579. The van der Waals surface area contributed by atoms with Crippen LogP contribution in [0.15, 0.2) is 12.1 Å². The van der Waals surface area contributed by atoms with Gasteiger partial charge in [-0.05, 0) is 73.7 Å². The molecule has 1 aliphatic heterocycles. The summed E-state index contributed by atoms with van der Waals surface area (Å²) in [6.45, 7) is 6.89. The summed E-state index contributed by atoms with van der Waals surface area (Å²) in [6, 6.07) is 4.47. The quantitative estimate of drug-likeness (QED) is 0.892. The Labute approximate surface area is 139 Å². The number of carboxylic acid groups (broad SMARTS) is 1. The molecule has 1 unspecified atom stereocenters. The van der Waals surface area contributed by atoms with Crippen molar-refractivity contribution < 1.29 is 9.90 Å². The summed E-state index contributed by atoms with van der Waals surface area (Å²) >= 11 is 0. The molecule has 3 rings (SSSR count). The van der Waals surface area contributed by atoms with Crippen LogP contribution in [-0.2, 0) is 12.8 Å². The number of hydrogen-bond donors (Lipinski definition) is 1. The molecule has 0 aromatic heterocycles. The molecule has 1 fully saturated rings. The molecule has 3 heteroatoms. The monoisotopic (exact) mass is 315 g/mol. The van der Waals surface area contributed by atoms with Gasteiger partial charge in [0.2, 0.25) is 0 Å². The van der Waals surface area contributed by atoms with E-state index in [9.17, 15) is 9.90 Å². The first-order valence-electron chi connectivity index (χ1n) is 9.20. The average Bonchev–Trinajstić information content (AvgIpc) is 2.54. The molecule has 1 N–H and O–H groups in total.